The van der Waals surface area contributed by atoms with Crippen molar-refractivity contribution in [2.75, 3.05) is 0 Å². The molecule has 0 spiro atoms. The van der Waals surface area contributed by atoms with Crippen LogP contribution in [0.3, 0.4) is 0 Å². The van der Waals surface area contributed by atoms with Crippen LogP contribution in [0.15, 0.2) is 30.3 Å². The molecule has 2 N–H and O–H groups in total. The van der Waals surface area contributed by atoms with Crippen molar-refractivity contribution >= 4 is 11.9 Å². The Hall–Kier alpha value is -1.88. The Morgan fingerprint density at radius 1 is 1.07 bits per heavy atom. The van der Waals surface area contributed by atoms with Gasteiger partial charge in [0.25, 0.3) is 0 Å². The third-order valence-corrected chi connectivity index (χ3v) is 2.00. The number of hydrogen-bond acceptors (Lipinski definition) is 5. The minimum absolute atomic E-state index is 0.397. The van der Waals surface area contributed by atoms with Crippen LogP contribution in [-0.2, 0) is 25.0 Å². The molecule has 1 aliphatic rings. The maximum absolute atomic E-state index is 11.1. The van der Waals surface area contributed by atoms with Crippen molar-refractivity contribution in [2.45, 2.75) is 12.3 Å². The van der Waals surface area contributed by atoms with Crippen LogP contribution in [0.1, 0.15) is 12.0 Å². The van der Waals surface area contributed by atoms with E-state index in [1.165, 1.54) is 0 Å². The number of benzene rings is 1. The predicted molar refractivity (Wildman–Crippen MR) is 49.1 cm³/mol. The molecule has 2 rings (SSSR count). The topological polar surface area (TPSA) is 78.6 Å². The maximum Gasteiger partial charge on any atom is 0.343 e. The quantitative estimate of drug-likeness (QED) is 0.527. The summed E-state index contributed by atoms with van der Waals surface area (Å²) in [6.45, 7) is 0. The first kappa shape index (κ1) is 9.67. The van der Waals surface area contributed by atoms with Gasteiger partial charge in [0.2, 0.25) is 0 Å². The van der Waals surface area contributed by atoms with Crippen molar-refractivity contribution < 1.29 is 19.1 Å². The van der Waals surface area contributed by atoms with E-state index in [1.807, 2.05) is 0 Å². The zero-order valence-electron chi connectivity index (χ0n) is 7.80. The van der Waals surface area contributed by atoms with Crippen molar-refractivity contribution in [1.29, 1.82) is 0 Å². The Kier molecular flexibility index (Phi) is 2.17. The standard InChI is InChI=1S/C10H9NO4/c11-10(7-4-2-1-3-5-7)14-8(12)6-9(13)15-10/h1-5H,6,11H2. The molecule has 1 fully saturated rings. The van der Waals surface area contributed by atoms with Gasteiger partial charge >= 0.3 is 17.8 Å². The number of nitrogens with two attached hydrogens (primary N) is 1. The monoisotopic (exact) mass is 207 g/mol. The molecule has 1 aromatic carbocycles. The minimum Gasteiger partial charge on any atom is -0.404 e. The van der Waals surface area contributed by atoms with Gasteiger partial charge in [-0.25, -0.2) is 0 Å². The van der Waals surface area contributed by atoms with Crippen molar-refractivity contribution in [1.82, 2.24) is 0 Å². The molecule has 0 aliphatic carbocycles. The SMILES string of the molecule is NC1(c2ccccc2)OC(=O)CC(=O)O1. The zero-order chi connectivity index (χ0) is 10.9. The molecule has 0 aromatic heterocycles. The summed E-state index contributed by atoms with van der Waals surface area (Å²) < 4.78 is 9.65. The molecular formula is C10H9NO4. The highest BCUT2D eigenvalue weighted by atomic mass is 16.8. The molecule has 1 heterocycles. The van der Waals surface area contributed by atoms with E-state index in [1.54, 1.807) is 30.3 Å². The molecule has 78 valence electrons. The molecule has 0 unspecified atom stereocenters. The summed E-state index contributed by atoms with van der Waals surface area (Å²) in [5.41, 5.74) is 6.10. The third-order valence-electron chi connectivity index (χ3n) is 2.00. The van der Waals surface area contributed by atoms with E-state index in [2.05, 4.69) is 0 Å². The summed E-state index contributed by atoms with van der Waals surface area (Å²) in [5.74, 6) is -3.15. The highest BCUT2D eigenvalue weighted by Crippen LogP contribution is 2.25. The van der Waals surface area contributed by atoms with Crippen LogP contribution in [0.4, 0.5) is 0 Å². The lowest BCUT2D eigenvalue weighted by molar-refractivity contribution is -0.247. The highest BCUT2D eigenvalue weighted by Gasteiger charge is 2.41. The highest BCUT2D eigenvalue weighted by molar-refractivity contribution is 5.93. The van der Waals surface area contributed by atoms with Crippen molar-refractivity contribution in [3.05, 3.63) is 35.9 Å². The van der Waals surface area contributed by atoms with E-state index in [4.69, 9.17) is 15.2 Å². The molecule has 1 saturated heterocycles. The lowest BCUT2D eigenvalue weighted by Crippen LogP contribution is -2.49. The van der Waals surface area contributed by atoms with Crippen LogP contribution in [-0.4, -0.2) is 11.9 Å². The lowest BCUT2D eigenvalue weighted by Gasteiger charge is -2.31. The molecule has 5 heteroatoms. The first-order valence-electron chi connectivity index (χ1n) is 4.38. The summed E-state index contributed by atoms with van der Waals surface area (Å²) in [5, 5.41) is 0. The van der Waals surface area contributed by atoms with Gasteiger partial charge in [-0.1, -0.05) is 18.2 Å². The Morgan fingerprint density at radius 3 is 2.13 bits per heavy atom. The zero-order valence-corrected chi connectivity index (χ0v) is 7.80. The normalized spacial score (nSPS) is 19.3. The predicted octanol–water partition coefficient (Wildman–Crippen LogP) is 0.246. The van der Waals surface area contributed by atoms with E-state index in [9.17, 15) is 9.59 Å². The molecule has 0 radical (unpaired) electrons. The average molecular weight is 207 g/mol. The molecule has 0 atom stereocenters. The molecule has 1 aliphatic heterocycles. The molecule has 15 heavy (non-hydrogen) atoms. The summed E-state index contributed by atoms with van der Waals surface area (Å²) >= 11 is 0. The van der Waals surface area contributed by atoms with Gasteiger partial charge in [-0.3, -0.25) is 15.3 Å². The fourth-order valence-corrected chi connectivity index (χ4v) is 1.34. The fraction of sp³-hybridized carbons (Fsp3) is 0.200. The third kappa shape index (κ3) is 1.82. The number of esters is 2. The lowest BCUT2D eigenvalue weighted by atomic mass is 10.1. The molecule has 0 amide bonds. The second-order valence-electron chi connectivity index (χ2n) is 3.16. The Bertz CT molecular complexity index is 385. The summed E-state index contributed by atoms with van der Waals surface area (Å²) in [7, 11) is 0. The number of rotatable bonds is 1. The first-order chi connectivity index (χ1) is 7.10. The second-order valence-corrected chi connectivity index (χ2v) is 3.16. The van der Waals surface area contributed by atoms with Gasteiger partial charge in [-0.2, -0.15) is 0 Å². The van der Waals surface area contributed by atoms with Crippen LogP contribution in [0.5, 0.6) is 0 Å². The first-order valence-corrected chi connectivity index (χ1v) is 4.38. The van der Waals surface area contributed by atoms with Crippen molar-refractivity contribution in [3.63, 3.8) is 0 Å². The van der Waals surface area contributed by atoms with Crippen LogP contribution in [0, 0.1) is 0 Å². The van der Waals surface area contributed by atoms with Crippen molar-refractivity contribution in [2.24, 2.45) is 5.73 Å². The summed E-state index contributed by atoms with van der Waals surface area (Å²) in [6, 6.07) is 8.43. The van der Waals surface area contributed by atoms with Crippen LogP contribution in [0.2, 0.25) is 0 Å². The van der Waals surface area contributed by atoms with Gasteiger partial charge in [0.05, 0.1) is 5.56 Å². The average Bonchev–Trinajstić information content (AvgIpc) is 2.17. The number of hydrogen-bond donors (Lipinski definition) is 1. The van der Waals surface area contributed by atoms with Crippen molar-refractivity contribution in [3.8, 4) is 0 Å². The van der Waals surface area contributed by atoms with Gasteiger partial charge in [0.15, 0.2) is 0 Å². The second kappa shape index (κ2) is 3.36. The summed E-state index contributed by atoms with van der Waals surface area (Å²) in [4.78, 5) is 22.1. The molecule has 5 nitrogen and oxygen atoms in total. The van der Waals surface area contributed by atoms with E-state index in [0.717, 1.165) is 0 Å². The molecule has 0 saturated carbocycles. The van der Waals surface area contributed by atoms with Gasteiger partial charge in [0, 0.05) is 0 Å². The van der Waals surface area contributed by atoms with Crippen LogP contribution >= 0.6 is 0 Å². The van der Waals surface area contributed by atoms with E-state index in [-0.39, 0.29) is 0 Å². The molecular weight excluding hydrogens is 198 g/mol. The van der Waals surface area contributed by atoms with Crippen LogP contribution in [0.25, 0.3) is 0 Å². The largest absolute Gasteiger partial charge is 0.404 e. The number of carbonyl (C=O) groups excluding carboxylic acids is 2. The van der Waals surface area contributed by atoms with Crippen LogP contribution < -0.4 is 5.73 Å². The Labute approximate surface area is 85.8 Å². The number of ether oxygens (including phenoxy) is 2. The molecule has 0 bridgehead atoms. The van der Waals surface area contributed by atoms with E-state index < -0.39 is 24.3 Å². The Balaban J connectivity index is 2.34. The molecule has 1 aromatic rings. The maximum atomic E-state index is 11.1. The smallest absolute Gasteiger partial charge is 0.343 e. The number of cyclic esters (lactones) is 2. The Morgan fingerprint density at radius 2 is 1.60 bits per heavy atom. The van der Waals surface area contributed by atoms with E-state index >= 15 is 0 Å². The van der Waals surface area contributed by atoms with Gasteiger partial charge in [-0.15, -0.1) is 0 Å². The van der Waals surface area contributed by atoms with Gasteiger partial charge in [0.1, 0.15) is 6.42 Å². The van der Waals surface area contributed by atoms with Gasteiger partial charge < -0.3 is 9.47 Å². The van der Waals surface area contributed by atoms with E-state index in [0.29, 0.717) is 5.56 Å². The van der Waals surface area contributed by atoms with Gasteiger partial charge in [-0.05, 0) is 12.1 Å². The number of carbonyl (C=O) groups is 2. The summed E-state index contributed by atoms with van der Waals surface area (Å²) in [6.07, 6.45) is -0.397. The minimum atomic E-state index is -1.78. The fourth-order valence-electron chi connectivity index (χ4n) is 1.34.